The number of methoxy groups -OCH3 is 1. The number of fused-ring (bicyclic) bond motifs is 1. The van der Waals surface area contributed by atoms with Gasteiger partial charge in [0.05, 0.1) is 12.8 Å². The van der Waals surface area contributed by atoms with E-state index >= 15 is 0 Å². The van der Waals surface area contributed by atoms with E-state index in [2.05, 4.69) is 0 Å². The highest BCUT2D eigenvalue weighted by Crippen LogP contribution is 2.39. The number of hydrogen-bond acceptors (Lipinski definition) is 3. The number of aromatic nitrogens is 1. The Morgan fingerprint density at radius 2 is 1.75 bits per heavy atom. The summed E-state index contributed by atoms with van der Waals surface area (Å²) in [6, 6.07) is 24.3. The molecule has 1 aromatic heterocycles. The van der Waals surface area contributed by atoms with E-state index in [-0.39, 0.29) is 17.6 Å². The molecule has 0 fully saturated rings. The van der Waals surface area contributed by atoms with Crippen molar-refractivity contribution < 1.29 is 13.9 Å². The first-order valence-electron chi connectivity index (χ1n) is 10.4. The summed E-state index contributed by atoms with van der Waals surface area (Å²) in [6.45, 7) is 0. The molecule has 1 aliphatic rings. The summed E-state index contributed by atoms with van der Waals surface area (Å²) in [5.41, 5.74) is 3.84. The van der Waals surface area contributed by atoms with Gasteiger partial charge in [-0.2, -0.15) is 0 Å². The topological polar surface area (TPSA) is 43.6 Å². The van der Waals surface area contributed by atoms with Gasteiger partial charge in [0.25, 0.3) is 0 Å². The molecule has 4 aromatic rings. The maximum atomic E-state index is 14.1. The summed E-state index contributed by atoms with van der Waals surface area (Å²) in [4.78, 5) is 18.8. The molecule has 32 heavy (non-hydrogen) atoms. The number of aliphatic imine (C=N–C) groups is 1. The first-order chi connectivity index (χ1) is 15.7. The summed E-state index contributed by atoms with van der Waals surface area (Å²) in [5, 5.41) is 0. The highest BCUT2D eigenvalue weighted by molar-refractivity contribution is 6.06. The van der Waals surface area contributed by atoms with Gasteiger partial charge in [0.2, 0.25) is 0 Å². The van der Waals surface area contributed by atoms with E-state index in [9.17, 15) is 9.18 Å². The van der Waals surface area contributed by atoms with Crippen molar-refractivity contribution in [3.63, 3.8) is 0 Å². The third-order valence-electron chi connectivity index (χ3n) is 5.84. The molecule has 5 heteroatoms. The Balaban J connectivity index is 1.65. The Bertz CT molecular complexity index is 1290. The van der Waals surface area contributed by atoms with Crippen LogP contribution in [-0.4, -0.2) is 23.7 Å². The summed E-state index contributed by atoms with van der Waals surface area (Å²) in [6.07, 6.45) is 3.73. The SMILES string of the molecule is COc1ccc(C(=O)[C@@H]2[C@@H](c3ccccc3)N=Cc3cccn32)c(-c2ccc(F)cc2)c1. The van der Waals surface area contributed by atoms with Crippen molar-refractivity contribution in [3.05, 3.63) is 114 Å². The van der Waals surface area contributed by atoms with Crippen LogP contribution >= 0.6 is 0 Å². The minimum atomic E-state index is -0.542. The molecule has 0 N–H and O–H groups in total. The number of Topliss-reactive ketones (excluding diaryl/α,β-unsaturated/α-hetero) is 1. The molecule has 2 heterocycles. The van der Waals surface area contributed by atoms with Gasteiger partial charge in [0.15, 0.2) is 5.78 Å². The Morgan fingerprint density at radius 3 is 2.50 bits per heavy atom. The van der Waals surface area contributed by atoms with Crippen molar-refractivity contribution in [1.29, 1.82) is 0 Å². The van der Waals surface area contributed by atoms with Crippen molar-refractivity contribution in [1.82, 2.24) is 4.57 Å². The van der Waals surface area contributed by atoms with Gasteiger partial charge in [-0.1, -0.05) is 42.5 Å². The van der Waals surface area contributed by atoms with Crippen LogP contribution < -0.4 is 4.74 Å². The fourth-order valence-electron chi connectivity index (χ4n) is 4.24. The van der Waals surface area contributed by atoms with Gasteiger partial charge in [0, 0.05) is 18.0 Å². The number of halogens is 1. The minimum absolute atomic E-state index is 0.0601. The lowest BCUT2D eigenvalue weighted by Gasteiger charge is -2.30. The molecule has 0 saturated heterocycles. The quantitative estimate of drug-likeness (QED) is 0.374. The average Bonchev–Trinajstić information content (AvgIpc) is 3.32. The Morgan fingerprint density at radius 1 is 0.969 bits per heavy atom. The van der Waals surface area contributed by atoms with E-state index in [0.717, 1.165) is 16.8 Å². The van der Waals surface area contributed by atoms with E-state index in [1.807, 2.05) is 65.5 Å². The smallest absolute Gasteiger partial charge is 0.188 e. The molecule has 0 amide bonds. The van der Waals surface area contributed by atoms with Crippen LogP contribution in [0.5, 0.6) is 5.75 Å². The highest BCUT2D eigenvalue weighted by Gasteiger charge is 2.35. The zero-order chi connectivity index (χ0) is 22.1. The first kappa shape index (κ1) is 19.9. The molecule has 0 bridgehead atoms. The number of nitrogens with zero attached hydrogens (tertiary/aromatic N) is 2. The summed E-state index contributed by atoms with van der Waals surface area (Å²) in [5.74, 6) is 0.242. The van der Waals surface area contributed by atoms with Crippen LogP contribution in [0.25, 0.3) is 11.1 Å². The van der Waals surface area contributed by atoms with Crippen molar-refractivity contribution in [3.8, 4) is 16.9 Å². The van der Waals surface area contributed by atoms with E-state index < -0.39 is 6.04 Å². The molecule has 3 aromatic carbocycles. The van der Waals surface area contributed by atoms with Gasteiger partial charge in [-0.15, -0.1) is 0 Å². The lowest BCUT2D eigenvalue weighted by Crippen LogP contribution is -2.29. The standard InChI is InChI=1S/C27H21FN2O2/c1-32-22-13-14-23(24(16-22)18-9-11-20(28)12-10-18)27(31)26-25(19-6-3-2-4-7-19)29-17-21-8-5-15-30(21)26/h2-17,25-26H,1H3/t25-,26+/m1/s1. The largest absolute Gasteiger partial charge is 0.497 e. The van der Waals surface area contributed by atoms with Gasteiger partial charge >= 0.3 is 0 Å². The molecule has 2 atom stereocenters. The summed E-state index contributed by atoms with van der Waals surface area (Å²) >= 11 is 0. The maximum Gasteiger partial charge on any atom is 0.188 e. The third-order valence-corrected chi connectivity index (χ3v) is 5.84. The Hall–Kier alpha value is -3.99. The second kappa shape index (κ2) is 8.27. The molecule has 5 rings (SSSR count). The lowest BCUT2D eigenvalue weighted by molar-refractivity contribution is 0.0906. The van der Waals surface area contributed by atoms with E-state index in [1.54, 1.807) is 31.4 Å². The maximum absolute atomic E-state index is 14.1. The molecule has 0 unspecified atom stereocenters. The van der Waals surface area contributed by atoms with Crippen LogP contribution in [0.2, 0.25) is 0 Å². The lowest BCUT2D eigenvalue weighted by atomic mass is 9.88. The van der Waals surface area contributed by atoms with Gasteiger partial charge < -0.3 is 9.30 Å². The number of carbonyl (C=O) groups is 1. The number of rotatable bonds is 5. The zero-order valence-electron chi connectivity index (χ0n) is 17.5. The predicted molar refractivity (Wildman–Crippen MR) is 123 cm³/mol. The fraction of sp³-hybridized carbons (Fsp3) is 0.111. The van der Waals surface area contributed by atoms with Crippen LogP contribution in [-0.2, 0) is 0 Å². The van der Waals surface area contributed by atoms with Crippen LogP contribution in [0.15, 0.2) is 96.1 Å². The minimum Gasteiger partial charge on any atom is -0.497 e. The molecular formula is C27H21FN2O2. The van der Waals surface area contributed by atoms with Crippen molar-refractivity contribution in [2.45, 2.75) is 12.1 Å². The van der Waals surface area contributed by atoms with E-state index in [1.165, 1.54) is 12.1 Å². The molecule has 4 nitrogen and oxygen atoms in total. The van der Waals surface area contributed by atoms with Crippen LogP contribution in [0.1, 0.15) is 33.7 Å². The van der Waals surface area contributed by atoms with Gasteiger partial charge in [0.1, 0.15) is 23.7 Å². The number of hydrogen-bond donors (Lipinski definition) is 0. The number of ketones is 1. The summed E-state index contributed by atoms with van der Waals surface area (Å²) in [7, 11) is 1.58. The average molecular weight is 424 g/mol. The zero-order valence-corrected chi connectivity index (χ0v) is 17.5. The predicted octanol–water partition coefficient (Wildman–Crippen LogP) is 5.90. The Labute approximate surface area is 185 Å². The van der Waals surface area contributed by atoms with Gasteiger partial charge in [-0.3, -0.25) is 9.79 Å². The second-order valence-corrected chi connectivity index (χ2v) is 7.70. The summed E-state index contributed by atoms with van der Waals surface area (Å²) < 4.78 is 20.9. The fourth-order valence-corrected chi connectivity index (χ4v) is 4.24. The van der Waals surface area contributed by atoms with E-state index in [4.69, 9.17) is 9.73 Å². The highest BCUT2D eigenvalue weighted by atomic mass is 19.1. The molecule has 0 radical (unpaired) electrons. The molecular weight excluding hydrogens is 403 g/mol. The van der Waals surface area contributed by atoms with Gasteiger partial charge in [-0.25, -0.2) is 4.39 Å². The Kier molecular flexibility index (Phi) is 5.15. The van der Waals surface area contributed by atoms with Crippen LogP contribution in [0, 0.1) is 5.82 Å². The van der Waals surface area contributed by atoms with Gasteiger partial charge in [-0.05, 0) is 59.2 Å². The molecule has 0 spiro atoms. The van der Waals surface area contributed by atoms with Crippen molar-refractivity contribution in [2.24, 2.45) is 4.99 Å². The number of ether oxygens (including phenoxy) is 1. The first-order valence-corrected chi connectivity index (χ1v) is 10.4. The van der Waals surface area contributed by atoms with Crippen molar-refractivity contribution in [2.75, 3.05) is 7.11 Å². The van der Waals surface area contributed by atoms with Crippen LogP contribution in [0.3, 0.4) is 0 Å². The van der Waals surface area contributed by atoms with E-state index in [0.29, 0.717) is 16.9 Å². The molecule has 158 valence electrons. The number of carbonyl (C=O) groups excluding carboxylic acids is 1. The van der Waals surface area contributed by atoms with Crippen LogP contribution in [0.4, 0.5) is 4.39 Å². The molecule has 1 aliphatic heterocycles. The molecule has 0 saturated carbocycles. The second-order valence-electron chi connectivity index (χ2n) is 7.70. The number of benzene rings is 3. The monoisotopic (exact) mass is 424 g/mol. The van der Waals surface area contributed by atoms with Crippen molar-refractivity contribution >= 4 is 12.0 Å². The molecule has 0 aliphatic carbocycles. The normalized spacial score (nSPS) is 17.1. The third kappa shape index (κ3) is 3.52.